The molecule has 0 radical (unpaired) electrons. The number of nitrogens with zero attached hydrogens (tertiary/aromatic N) is 1. The van der Waals surface area contributed by atoms with Crippen molar-refractivity contribution >= 4 is 27.3 Å². The minimum absolute atomic E-state index is 0.0491. The molecule has 0 saturated carbocycles. The third-order valence-corrected chi connectivity index (χ3v) is 3.82. The van der Waals surface area contributed by atoms with Gasteiger partial charge in [0, 0.05) is 32.0 Å². The van der Waals surface area contributed by atoms with E-state index in [0.29, 0.717) is 17.9 Å². The molecular weight excluding hydrogens is 280 g/mol. The molecule has 1 aromatic carbocycles. The molecule has 1 unspecified atom stereocenters. The molecule has 0 spiro atoms. The monoisotopic (exact) mass is 300 g/mol. The number of sulfonamides is 1. The molecule has 0 fully saturated rings. The van der Waals surface area contributed by atoms with Crippen LogP contribution in [-0.2, 0) is 14.8 Å². The molecule has 1 aromatic rings. The third-order valence-electron chi connectivity index (χ3n) is 2.92. The summed E-state index contributed by atoms with van der Waals surface area (Å²) in [5, 5.41) is 7.66. The van der Waals surface area contributed by atoms with Gasteiger partial charge in [-0.2, -0.15) is 0 Å². The number of anilines is 2. The number of hydrogen-bond donors (Lipinski definition) is 3. The second-order valence-electron chi connectivity index (χ2n) is 4.70. The average molecular weight is 300 g/mol. The van der Waals surface area contributed by atoms with Crippen LogP contribution < -0.4 is 21.1 Å². The Hall–Kier alpha value is -1.80. The van der Waals surface area contributed by atoms with Crippen molar-refractivity contribution in [1.82, 2.24) is 5.32 Å². The second kappa shape index (κ2) is 6.10. The standard InChI is InChI=1S/C12H20N4O3S/c1-8(12(17)15-2)7-16(3)10-4-9(13)5-11(6-10)20(14,18)19/h4-6,8H,7,13H2,1-3H3,(H,15,17)(H2,14,18,19). The minimum Gasteiger partial charge on any atom is -0.399 e. The van der Waals surface area contributed by atoms with Crippen LogP contribution in [0.25, 0.3) is 0 Å². The van der Waals surface area contributed by atoms with Gasteiger partial charge in [-0.15, -0.1) is 0 Å². The molecule has 1 rings (SSSR count). The van der Waals surface area contributed by atoms with Crippen LogP contribution in [0, 0.1) is 5.92 Å². The molecule has 0 aromatic heterocycles. The summed E-state index contributed by atoms with van der Waals surface area (Å²) in [7, 11) is -0.498. The summed E-state index contributed by atoms with van der Waals surface area (Å²) in [5.74, 6) is -0.336. The summed E-state index contributed by atoms with van der Waals surface area (Å²) in [5.41, 5.74) is 6.57. The zero-order valence-electron chi connectivity index (χ0n) is 11.8. The maximum absolute atomic E-state index is 11.5. The van der Waals surface area contributed by atoms with Crippen molar-refractivity contribution in [1.29, 1.82) is 0 Å². The highest BCUT2D eigenvalue weighted by atomic mass is 32.2. The van der Waals surface area contributed by atoms with Gasteiger partial charge >= 0.3 is 0 Å². The summed E-state index contributed by atoms with van der Waals surface area (Å²) in [6.07, 6.45) is 0. The molecule has 5 N–H and O–H groups in total. The van der Waals surface area contributed by atoms with Gasteiger partial charge in [-0.1, -0.05) is 6.92 Å². The van der Waals surface area contributed by atoms with Crippen molar-refractivity contribution in [3.63, 3.8) is 0 Å². The van der Waals surface area contributed by atoms with E-state index in [0.717, 1.165) is 0 Å². The molecule has 8 heteroatoms. The number of carbonyl (C=O) groups is 1. The molecule has 0 aliphatic rings. The van der Waals surface area contributed by atoms with Gasteiger partial charge in [0.2, 0.25) is 15.9 Å². The molecule has 20 heavy (non-hydrogen) atoms. The SMILES string of the molecule is CNC(=O)C(C)CN(C)c1cc(N)cc(S(N)(=O)=O)c1. The Bertz CT molecular complexity index is 601. The zero-order chi connectivity index (χ0) is 15.5. The smallest absolute Gasteiger partial charge is 0.238 e. The van der Waals surface area contributed by atoms with Crippen molar-refractivity contribution in [2.24, 2.45) is 11.1 Å². The Morgan fingerprint density at radius 1 is 1.40 bits per heavy atom. The lowest BCUT2D eigenvalue weighted by molar-refractivity contribution is -0.123. The number of carbonyl (C=O) groups excluding carboxylic acids is 1. The number of hydrogen-bond acceptors (Lipinski definition) is 5. The first-order valence-electron chi connectivity index (χ1n) is 6.01. The van der Waals surface area contributed by atoms with Crippen LogP contribution >= 0.6 is 0 Å². The third kappa shape index (κ3) is 4.10. The molecule has 7 nitrogen and oxygen atoms in total. The fourth-order valence-electron chi connectivity index (χ4n) is 1.84. The molecule has 1 atom stereocenters. The van der Waals surface area contributed by atoms with Crippen LogP contribution in [0.5, 0.6) is 0 Å². The van der Waals surface area contributed by atoms with Crippen LogP contribution in [0.3, 0.4) is 0 Å². The van der Waals surface area contributed by atoms with Crippen molar-refractivity contribution in [2.75, 3.05) is 31.3 Å². The summed E-state index contributed by atoms with van der Waals surface area (Å²) in [6, 6.07) is 4.36. The molecule has 0 bridgehead atoms. The number of nitrogen functional groups attached to an aromatic ring is 1. The number of benzene rings is 1. The summed E-state index contributed by atoms with van der Waals surface area (Å²) in [6.45, 7) is 2.20. The number of nitrogens with two attached hydrogens (primary N) is 2. The van der Waals surface area contributed by atoms with Gasteiger partial charge in [-0.3, -0.25) is 4.79 Å². The predicted molar refractivity (Wildman–Crippen MR) is 78.7 cm³/mol. The predicted octanol–water partition coefficient (Wildman–Crippen LogP) is -0.265. The molecule has 0 saturated heterocycles. The van der Waals surface area contributed by atoms with E-state index in [4.69, 9.17) is 10.9 Å². The Morgan fingerprint density at radius 3 is 2.50 bits per heavy atom. The van der Waals surface area contributed by atoms with Crippen LogP contribution in [0.4, 0.5) is 11.4 Å². The lowest BCUT2D eigenvalue weighted by Gasteiger charge is -2.23. The number of nitrogens with one attached hydrogen (secondary N) is 1. The molecule has 0 aliphatic heterocycles. The molecule has 1 amide bonds. The van der Waals surface area contributed by atoms with Crippen LogP contribution in [0.1, 0.15) is 6.92 Å². The highest BCUT2D eigenvalue weighted by Crippen LogP contribution is 2.22. The Balaban J connectivity index is 3.02. The fraction of sp³-hybridized carbons (Fsp3) is 0.417. The molecule has 0 heterocycles. The lowest BCUT2D eigenvalue weighted by atomic mass is 10.1. The van der Waals surface area contributed by atoms with Crippen molar-refractivity contribution in [3.05, 3.63) is 18.2 Å². The second-order valence-corrected chi connectivity index (χ2v) is 6.26. The van der Waals surface area contributed by atoms with E-state index < -0.39 is 10.0 Å². The first kappa shape index (κ1) is 16.3. The van der Waals surface area contributed by atoms with Crippen LogP contribution in [0.15, 0.2) is 23.1 Å². The van der Waals surface area contributed by atoms with E-state index in [2.05, 4.69) is 5.32 Å². The highest BCUT2D eigenvalue weighted by molar-refractivity contribution is 7.89. The quantitative estimate of drug-likeness (QED) is 0.647. The molecular formula is C12H20N4O3S. The van der Waals surface area contributed by atoms with Gasteiger partial charge < -0.3 is 16.0 Å². The maximum atomic E-state index is 11.5. The lowest BCUT2D eigenvalue weighted by Crippen LogP contribution is -2.34. The fourth-order valence-corrected chi connectivity index (χ4v) is 2.42. The highest BCUT2D eigenvalue weighted by Gasteiger charge is 2.16. The minimum atomic E-state index is -3.82. The van der Waals surface area contributed by atoms with Crippen LogP contribution in [-0.4, -0.2) is 35.0 Å². The Kier molecular flexibility index (Phi) is 4.96. The largest absolute Gasteiger partial charge is 0.399 e. The summed E-state index contributed by atoms with van der Waals surface area (Å²) in [4.78, 5) is 13.2. The van der Waals surface area contributed by atoms with Gasteiger partial charge in [0.25, 0.3) is 0 Å². The van der Waals surface area contributed by atoms with E-state index in [9.17, 15) is 13.2 Å². The first-order valence-corrected chi connectivity index (χ1v) is 7.56. The van der Waals surface area contributed by atoms with Crippen LogP contribution in [0.2, 0.25) is 0 Å². The molecule has 0 aliphatic carbocycles. The summed E-state index contributed by atoms with van der Waals surface area (Å²) < 4.78 is 22.8. The van der Waals surface area contributed by atoms with E-state index >= 15 is 0 Å². The Labute approximate surface area is 119 Å². The van der Waals surface area contributed by atoms with Gasteiger partial charge in [0.05, 0.1) is 10.8 Å². The van der Waals surface area contributed by atoms with E-state index in [-0.39, 0.29) is 16.7 Å². The van der Waals surface area contributed by atoms with Crippen molar-refractivity contribution in [2.45, 2.75) is 11.8 Å². The number of primary sulfonamides is 1. The average Bonchev–Trinajstić information content (AvgIpc) is 2.35. The van der Waals surface area contributed by atoms with Gasteiger partial charge in [-0.25, -0.2) is 13.6 Å². The molecule has 112 valence electrons. The topological polar surface area (TPSA) is 119 Å². The summed E-state index contributed by atoms with van der Waals surface area (Å²) >= 11 is 0. The van der Waals surface area contributed by atoms with Gasteiger partial charge in [0.1, 0.15) is 0 Å². The van der Waals surface area contributed by atoms with Gasteiger partial charge in [-0.05, 0) is 18.2 Å². The van der Waals surface area contributed by atoms with E-state index in [1.54, 1.807) is 32.0 Å². The maximum Gasteiger partial charge on any atom is 0.238 e. The van der Waals surface area contributed by atoms with E-state index in [1.165, 1.54) is 12.1 Å². The number of amides is 1. The van der Waals surface area contributed by atoms with Crippen molar-refractivity contribution in [3.8, 4) is 0 Å². The zero-order valence-corrected chi connectivity index (χ0v) is 12.6. The van der Waals surface area contributed by atoms with E-state index in [1.807, 2.05) is 0 Å². The number of rotatable bonds is 5. The van der Waals surface area contributed by atoms with Gasteiger partial charge in [0.15, 0.2) is 0 Å². The van der Waals surface area contributed by atoms with Crippen molar-refractivity contribution < 1.29 is 13.2 Å². The normalized spacial score (nSPS) is 12.8. The Morgan fingerprint density at radius 2 is 2.00 bits per heavy atom. The first-order chi connectivity index (χ1) is 9.15.